The van der Waals surface area contributed by atoms with E-state index in [9.17, 15) is 0 Å². The fourth-order valence-corrected chi connectivity index (χ4v) is 1.31. The van der Waals surface area contributed by atoms with Crippen molar-refractivity contribution >= 4 is 5.88 Å². The minimum Gasteiger partial charge on any atom is -0.446 e. The van der Waals surface area contributed by atoms with Gasteiger partial charge < -0.3 is 9.32 Å². The van der Waals surface area contributed by atoms with Gasteiger partial charge in [0.05, 0.1) is 12.0 Å². The predicted octanol–water partition coefficient (Wildman–Crippen LogP) is 2.57. The van der Waals surface area contributed by atoms with Gasteiger partial charge in [0.15, 0.2) is 5.88 Å². The molecule has 0 aliphatic carbocycles. The molecule has 1 atom stereocenters. The van der Waals surface area contributed by atoms with E-state index in [1.807, 2.05) is 37.9 Å². The van der Waals surface area contributed by atoms with Crippen molar-refractivity contribution in [1.29, 1.82) is 5.26 Å². The lowest BCUT2D eigenvalue weighted by molar-refractivity contribution is 0.511. The van der Waals surface area contributed by atoms with Crippen molar-refractivity contribution in [3.63, 3.8) is 0 Å². The van der Waals surface area contributed by atoms with Gasteiger partial charge in [-0.1, -0.05) is 6.92 Å². The topological polar surface area (TPSA) is 40.2 Å². The molecule has 0 amide bonds. The second-order valence-electron chi connectivity index (χ2n) is 3.50. The summed E-state index contributed by atoms with van der Waals surface area (Å²) in [6.45, 7) is 4.66. The van der Waals surface area contributed by atoms with Crippen molar-refractivity contribution in [3.05, 3.63) is 17.9 Å². The zero-order valence-corrected chi connectivity index (χ0v) is 8.95. The van der Waals surface area contributed by atoms with E-state index in [4.69, 9.17) is 9.68 Å². The van der Waals surface area contributed by atoms with E-state index >= 15 is 0 Å². The van der Waals surface area contributed by atoms with Crippen molar-refractivity contribution in [3.8, 4) is 6.07 Å². The third kappa shape index (κ3) is 2.53. The highest BCUT2D eigenvalue weighted by atomic mass is 16.4. The molecule has 3 nitrogen and oxygen atoms in total. The van der Waals surface area contributed by atoms with Crippen molar-refractivity contribution < 1.29 is 4.42 Å². The molecule has 0 aliphatic rings. The van der Waals surface area contributed by atoms with Crippen molar-refractivity contribution in [2.24, 2.45) is 5.92 Å². The van der Waals surface area contributed by atoms with Crippen molar-refractivity contribution in [2.75, 3.05) is 18.5 Å². The number of nitrogens with zero attached hydrogens (tertiary/aromatic N) is 2. The van der Waals surface area contributed by atoms with E-state index < -0.39 is 0 Å². The lowest BCUT2D eigenvalue weighted by atomic mass is 10.1. The average Bonchev–Trinajstić information content (AvgIpc) is 2.61. The Labute approximate surface area is 84.9 Å². The monoisotopic (exact) mass is 192 g/mol. The average molecular weight is 192 g/mol. The summed E-state index contributed by atoms with van der Waals surface area (Å²) >= 11 is 0. The van der Waals surface area contributed by atoms with Gasteiger partial charge in [-0.15, -0.1) is 0 Å². The van der Waals surface area contributed by atoms with Gasteiger partial charge in [-0.05, 0) is 19.4 Å². The fraction of sp³-hybridized carbons (Fsp3) is 0.545. The Hall–Kier alpha value is -1.43. The molecule has 1 aromatic heterocycles. The zero-order chi connectivity index (χ0) is 10.6. The Bertz CT molecular complexity index is 324. The maximum atomic E-state index is 8.82. The summed E-state index contributed by atoms with van der Waals surface area (Å²) in [5.41, 5.74) is 0. The van der Waals surface area contributed by atoms with Gasteiger partial charge >= 0.3 is 0 Å². The summed E-state index contributed by atoms with van der Waals surface area (Å²) < 4.78 is 5.45. The summed E-state index contributed by atoms with van der Waals surface area (Å²) in [6, 6.07) is 6.14. The molecule has 0 aromatic carbocycles. The van der Waals surface area contributed by atoms with Gasteiger partial charge in [0, 0.05) is 19.7 Å². The molecule has 1 unspecified atom stereocenters. The van der Waals surface area contributed by atoms with Crippen molar-refractivity contribution in [2.45, 2.75) is 20.3 Å². The number of anilines is 1. The normalized spacial score (nSPS) is 12.1. The first kappa shape index (κ1) is 10.6. The fourth-order valence-electron chi connectivity index (χ4n) is 1.31. The highest BCUT2D eigenvalue weighted by Crippen LogP contribution is 2.17. The Balaban J connectivity index is 2.58. The third-order valence-corrected chi connectivity index (χ3v) is 2.27. The van der Waals surface area contributed by atoms with Crippen LogP contribution in [0.25, 0.3) is 0 Å². The Kier molecular flexibility index (Phi) is 3.58. The van der Waals surface area contributed by atoms with Gasteiger partial charge in [-0.3, -0.25) is 0 Å². The molecule has 14 heavy (non-hydrogen) atoms. The molecule has 0 saturated heterocycles. The predicted molar refractivity (Wildman–Crippen MR) is 56.1 cm³/mol. The van der Waals surface area contributed by atoms with Crippen LogP contribution in [-0.4, -0.2) is 13.6 Å². The summed E-state index contributed by atoms with van der Waals surface area (Å²) in [7, 11) is 1.94. The summed E-state index contributed by atoms with van der Waals surface area (Å²) in [5, 5.41) is 8.82. The van der Waals surface area contributed by atoms with Crippen LogP contribution in [0, 0.1) is 24.2 Å². The Morgan fingerprint density at radius 3 is 2.71 bits per heavy atom. The minimum atomic E-state index is 0.0745. The number of nitriles is 1. The molecule has 0 radical (unpaired) electrons. The van der Waals surface area contributed by atoms with Gasteiger partial charge in [0.25, 0.3) is 0 Å². The molecule has 0 fully saturated rings. The van der Waals surface area contributed by atoms with Crippen LogP contribution in [0.3, 0.4) is 0 Å². The summed E-state index contributed by atoms with van der Waals surface area (Å²) in [4.78, 5) is 1.98. The van der Waals surface area contributed by atoms with E-state index in [-0.39, 0.29) is 5.92 Å². The number of aryl methyl sites for hydroxylation is 1. The van der Waals surface area contributed by atoms with Crippen LogP contribution >= 0.6 is 0 Å². The van der Waals surface area contributed by atoms with Gasteiger partial charge in [-0.25, -0.2) is 0 Å². The van der Waals surface area contributed by atoms with Gasteiger partial charge in [0.2, 0.25) is 0 Å². The third-order valence-electron chi connectivity index (χ3n) is 2.27. The lowest BCUT2D eigenvalue weighted by Crippen LogP contribution is -2.23. The van der Waals surface area contributed by atoms with Crippen LogP contribution in [0.15, 0.2) is 16.5 Å². The molecule has 1 aromatic rings. The van der Waals surface area contributed by atoms with E-state index in [0.29, 0.717) is 0 Å². The summed E-state index contributed by atoms with van der Waals surface area (Å²) in [5.74, 6) is 1.80. The highest BCUT2D eigenvalue weighted by Gasteiger charge is 2.11. The van der Waals surface area contributed by atoms with E-state index in [0.717, 1.165) is 24.6 Å². The molecule has 0 aliphatic heterocycles. The summed E-state index contributed by atoms with van der Waals surface area (Å²) in [6.07, 6.45) is 0.876. The standard InChI is InChI=1S/C11H16N2O/c1-4-10(7-12)8-13(3)11-6-5-9(2)14-11/h5-6,10H,4,8H2,1-3H3. The molecule has 0 N–H and O–H groups in total. The molecule has 76 valence electrons. The second kappa shape index (κ2) is 4.71. The van der Waals surface area contributed by atoms with Crippen LogP contribution in [0.5, 0.6) is 0 Å². The van der Waals surface area contributed by atoms with Crippen LogP contribution in [0.2, 0.25) is 0 Å². The maximum Gasteiger partial charge on any atom is 0.195 e. The van der Waals surface area contributed by atoms with E-state index in [2.05, 4.69) is 6.07 Å². The quantitative estimate of drug-likeness (QED) is 0.736. The number of hydrogen-bond acceptors (Lipinski definition) is 3. The van der Waals surface area contributed by atoms with Crippen LogP contribution < -0.4 is 4.90 Å². The highest BCUT2D eigenvalue weighted by molar-refractivity contribution is 5.35. The van der Waals surface area contributed by atoms with E-state index in [1.54, 1.807) is 0 Å². The van der Waals surface area contributed by atoms with Crippen LogP contribution in [-0.2, 0) is 0 Å². The molecular formula is C11H16N2O. The van der Waals surface area contributed by atoms with Crippen LogP contribution in [0.4, 0.5) is 5.88 Å². The number of rotatable bonds is 4. The smallest absolute Gasteiger partial charge is 0.195 e. The molecule has 1 heterocycles. The SMILES string of the molecule is CCC(C#N)CN(C)c1ccc(C)o1. The number of furan rings is 1. The maximum absolute atomic E-state index is 8.82. The van der Waals surface area contributed by atoms with Crippen LogP contribution in [0.1, 0.15) is 19.1 Å². The molecular weight excluding hydrogens is 176 g/mol. The number of hydrogen-bond donors (Lipinski definition) is 0. The zero-order valence-electron chi connectivity index (χ0n) is 8.95. The molecule has 0 bridgehead atoms. The molecule has 0 saturated carbocycles. The van der Waals surface area contributed by atoms with Gasteiger partial charge in [-0.2, -0.15) is 5.26 Å². The molecule has 3 heteroatoms. The molecule has 1 rings (SSSR count). The second-order valence-corrected chi connectivity index (χ2v) is 3.50. The lowest BCUT2D eigenvalue weighted by Gasteiger charge is -2.18. The largest absolute Gasteiger partial charge is 0.446 e. The minimum absolute atomic E-state index is 0.0745. The Morgan fingerprint density at radius 2 is 2.29 bits per heavy atom. The van der Waals surface area contributed by atoms with Crippen molar-refractivity contribution in [1.82, 2.24) is 0 Å². The van der Waals surface area contributed by atoms with E-state index in [1.165, 1.54) is 0 Å². The first-order valence-corrected chi connectivity index (χ1v) is 4.84. The van der Waals surface area contributed by atoms with Gasteiger partial charge in [0.1, 0.15) is 5.76 Å². The Morgan fingerprint density at radius 1 is 1.57 bits per heavy atom. The molecule has 0 spiro atoms. The first-order chi connectivity index (χ1) is 6.67. The first-order valence-electron chi connectivity index (χ1n) is 4.84.